The van der Waals surface area contributed by atoms with Gasteiger partial charge >= 0.3 is 0 Å². The molecule has 1 atom stereocenters. The summed E-state index contributed by atoms with van der Waals surface area (Å²) < 4.78 is 1.93. The van der Waals surface area contributed by atoms with E-state index in [-0.39, 0.29) is 6.04 Å². The van der Waals surface area contributed by atoms with Gasteiger partial charge < -0.3 is 5.73 Å². The molecule has 4 heteroatoms. The average molecular weight is 271 g/mol. The summed E-state index contributed by atoms with van der Waals surface area (Å²) >= 11 is 1.73. The molecule has 0 saturated heterocycles. The molecule has 0 aliphatic rings. The zero-order chi connectivity index (χ0) is 13.4. The molecule has 0 radical (unpaired) electrons. The highest BCUT2D eigenvalue weighted by Crippen LogP contribution is 2.27. The van der Waals surface area contributed by atoms with Gasteiger partial charge in [-0.05, 0) is 30.0 Å². The number of rotatable bonds is 3. The number of hydrogen-bond acceptors (Lipinski definition) is 3. The summed E-state index contributed by atoms with van der Waals surface area (Å²) in [5.41, 5.74) is 9.85. The first-order chi connectivity index (χ1) is 9.16. The third-order valence-corrected chi connectivity index (χ3v) is 4.64. The molecule has 3 nitrogen and oxygen atoms in total. The molecule has 2 aromatic heterocycles. The SMILES string of the molecule is Cc1ccsc1C(N)Cc1nn(C)c2ccccc12. The van der Waals surface area contributed by atoms with Crippen LogP contribution in [0.4, 0.5) is 0 Å². The third kappa shape index (κ3) is 2.17. The minimum absolute atomic E-state index is 0.0262. The van der Waals surface area contributed by atoms with Gasteiger partial charge in [0.15, 0.2) is 0 Å². The molecule has 3 aromatic rings. The first-order valence-electron chi connectivity index (χ1n) is 6.37. The number of aryl methyl sites for hydroxylation is 2. The van der Waals surface area contributed by atoms with Crippen molar-refractivity contribution in [3.8, 4) is 0 Å². The number of para-hydroxylation sites is 1. The molecule has 3 rings (SSSR count). The van der Waals surface area contributed by atoms with Crippen LogP contribution in [0.15, 0.2) is 35.7 Å². The van der Waals surface area contributed by atoms with Gasteiger partial charge in [0.05, 0.1) is 11.2 Å². The Morgan fingerprint density at radius 2 is 2.11 bits per heavy atom. The minimum atomic E-state index is 0.0262. The quantitative estimate of drug-likeness (QED) is 0.795. The lowest BCUT2D eigenvalue weighted by molar-refractivity contribution is 0.688. The zero-order valence-corrected chi connectivity index (χ0v) is 11.9. The second kappa shape index (κ2) is 4.79. The van der Waals surface area contributed by atoms with Crippen molar-refractivity contribution in [3.05, 3.63) is 51.8 Å². The predicted molar refractivity (Wildman–Crippen MR) is 80.4 cm³/mol. The van der Waals surface area contributed by atoms with Crippen LogP contribution in [0.1, 0.15) is 22.2 Å². The van der Waals surface area contributed by atoms with Crippen molar-refractivity contribution in [2.24, 2.45) is 12.8 Å². The molecule has 1 unspecified atom stereocenters. The third-order valence-electron chi connectivity index (χ3n) is 3.49. The molecule has 1 aromatic carbocycles. The van der Waals surface area contributed by atoms with Crippen molar-refractivity contribution < 1.29 is 0 Å². The first-order valence-corrected chi connectivity index (χ1v) is 7.25. The molecule has 0 aliphatic carbocycles. The normalized spacial score (nSPS) is 13.0. The minimum Gasteiger partial charge on any atom is -0.323 e. The van der Waals surface area contributed by atoms with Crippen molar-refractivity contribution in [2.75, 3.05) is 0 Å². The van der Waals surface area contributed by atoms with E-state index in [1.54, 1.807) is 11.3 Å². The molecule has 0 saturated carbocycles. The maximum atomic E-state index is 6.33. The number of benzene rings is 1. The Balaban J connectivity index is 1.96. The van der Waals surface area contributed by atoms with E-state index in [2.05, 4.69) is 41.7 Å². The van der Waals surface area contributed by atoms with Crippen LogP contribution >= 0.6 is 11.3 Å². The summed E-state index contributed by atoms with van der Waals surface area (Å²) in [7, 11) is 1.98. The van der Waals surface area contributed by atoms with Crippen molar-refractivity contribution >= 4 is 22.2 Å². The van der Waals surface area contributed by atoms with Gasteiger partial charge in [-0.15, -0.1) is 11.3 Å². The van der Waals surface area contributed by atoms with Crippen LogP contribution in [0.25, 0.3) is 10.9 Å². The van der Waals surface area contributed by atoms with E-state index < -0.39 is 0 Å². The van der Waals surface area contributed by atoms with Crippen LogP contribution in [-0.4, -0.2) is 9.78 Å². The lowest BCUT2D eigenvalue weighted by atomic mass is 10.1. The number of thiophene rings is 1. The molecule has 2 N–H and O–H groups in total. The van der Waals surface area contributed by atoms with Crippen molar-refractivity contribution in [1.29, 1.82) is 0 Å². The molecule has 0 aliphatic heterocycles. The number of fused-ring (bicyclic) bond motifs is 1. The van der Waals surface area contributed by atoms with Gasteiger partial charge in [-0.3, -0.25) is 4.68 Å². The molecule has 19 heavy (non-hydrogen) atoms. The van der Waals surface area contributed by atoms with Crippen molar-refractivity contribution in [3.63, 3.8) is 0 Å². The highest BCUT2D eigenvalue weighted by atomic mass is 32.1. The fraction of sp³-hybridized carbons (Fsp3) is 0.267. The summed E-state index contributed by atoms with van der Waals surface area (Å²) in [5.74, 6) is 0. The van der Waals surface area contributed by atoms with Crippen LogP contribution < -0.4 is 5.73 Å². The summed E-state index contributed by atoms with van der Waals surface area (Å²) in [5, 5.41) is 7.91. The molecule has 0 bridgehead atoms. The lowest BCUT2D eigenvalue weighted by Crippen LogP contribution is -2.13. The van der Waals surface area contributed by atoms with E-state index in [1.165, 1.54) is 15.8 Å². The van der Waals surface area contributed by atoms with Gasteiger partial charge in [0.1, 0.15) is 0 Å². The number of aromatic nitrogens is 2. The topological polar surface area (TPSA) is 43.8 Å². The Labute approximate surface area is 116 Å². The second-order valence-electron chi connectivity index (χ2n) is 4.87. The Morgan fingerprint density at radius 1 is 1.32 bits per heavy atom. The van der Waals surface area contributed by atoms with Crippen LogP contribution in [-0.2, 0) is 13.5 Å². The van der Waals surface area contributed by atoms with Crippen LogP contribution in [0.2, 0.25) is 0 Å². The molecule has 2 heterocycles. The molecular weight excluding hydrogens is 254 g/mol. The maximum absolute atomic E-state index is 6.33. The fourth-order valence-corrected chi connectivity index (χ4v) is 3.44. The predicted octanol–water partition coefficient (Wildman–Crippen LogP) is 3.19. The highest BCUT2D eigenvalue weighted by molar-refractivity contribution is 7.10. The van der Waals surface area contributed by atoms with E-state index in [0.717, 1.165) is 17.6 Å². The molecule has 0 spiro atoms. The Morgan fingerprint density at radius 3 is 2.84 bits per heavy atom. The van der Waals surface area contributed by atoms with Gasteiger partial charge in [0, 0.05) is 29.8 Å². The van der Waals surface area contributed by atoms with E-state index in [9.17, 15) is 0 Å². The van der Waals surface area contributed by atoms with E-state index in [1.807, 2.05) is 17.8 Å². The van der Waals surface area contributed by atoms with Gasteiger partial charge in [-0.25, -0.2) is 0 Å². The smallest absolute Gasteiger partial charge is 0.0722 e. The monoisotopic (exact) mass is 271 g/mol. The molecule has 98 valence electrons. The zero-order valence-electron chi connectivity index (χ0n) is 11.1. The van der Waals surface area contributed by atoms with Gasteiger partial charge in [-0.1, -0.05) is 18.2 Å². The summed E-state index contributed by atoms with van der Waals surface area (Å²) in [6, 6.07) is 10.4. The fourth-order valence-electron chi connectivity index (χ4n) is 2.50. The van der Waals surface area contributed by atoms with E-state index >= 15 is 0 Å². The largest absolute Gasteiger partial charge is 0.323 e. The lowest BCUT2D eigenvalue weighted by Gasteiger charge is -2.09. The van der Waals surface area contributed by atoms with Crippen LogP contribution in [0.3, 0.4) is 0 Å². The number of nitrogens with zero attached hydrogens (tertiary/aromatic N) is 2. The summed E-state index contributed by atoms with van der Waals surface area (Å²) in [4.78, 5) is 1.26. The number of nitrogens with two attached hydrogens (primary N) is 1. The van der Waals surface area contributed by atoms with Gasteiger partial charge in [-0.2, -0.15) is 5.10 Å². The Hall–Kier alpha value is -1.65. The Kier molecular flexibility index (Phi) is 3.12. The van der Waals surface area contributed by atoms with Crippen molar-refractivity contribution in [1.82, 2.24) is 9.78 Å². The molecule has 0 amide bonds. The van der Waals surface area contributed by atoms with E-state index in [0.29, 0.717) is 0 Å². The van der Waals surface area contributed by atoms with Crippen molar-refractivity contribution in [2.45, 2.75) is 19.4 Å². The average Bonchev–Trinajstić information content (AvgIpc) is 2.95. The van der Waals surface area contributed by atoms with E-state index in [4.69, 9.17) is 5.73 Å². The standard InChI is InChI=1S/C15H17N3S/c1-10-7-8-19-15(10)12(16)9-13-11-5-3-4-6-14(11)18(2)17-13/h3-8,12H,9,16H2,1-2H3. The molecule has 0 fully saturated rings. The second-order valence-corrected chi connectivity index (χ2v) is 5.81. The van der Waals surface area contributed by atoms with Gasteiger partial charge in [0.2, 0.25) is 0 Å². The number of hydrogen-bond donors (Lipinski definition) is 1. The summed E-state index contributed by atoms with van der Waals surface area (Å²) in [6.45, 7) is 2.11. The Bertz CT molecular complexity index is 711. The molecular formula is C15H17N3S. The highest BCUT2D eigenvalue weighted by Gasteiger charge is 2.15. The van der Waals surface area contributed by atoms with Crippen LogP contribution in [0, 0.1) is 6.92 Å². The first kappa shape index (κ1) is 12.4. The van der Waals surface area contributed by atoms with Crippen LogP contribution in [0.5, 0.6) is 0 Å². The summed E-state index contributed by atoms with van der Waals surface area (Å²) in [6.07, 6.45) is 0.780. The maximum Gasteiger partial charge on any atom is 0.0722 e. The van der Waals surface area contributed by atoms with Gasteiger partial charge in [0.25, 0.3) is 0 Å².